The first-order valence-corrected chi connectivity index (χ1v) is 8.81. The Kier molecular flexibility index (Phi) is 6.34. The van der Waals surface area contributed by atoms with Gasteiger partial charge in [0.15, 0.2) is 0 Å². The van der Waals surface area contributed by atoms with Crippen LogP contribution in [0.5, 0.6) is 5.75 Å². The second-order valence-corrected chi connectivity index (χ2v) is 7.09. The van der Waals surface area contributed by atoms with E-state index in [2.05, 4.69) is 5.32 Å². The number of hydrogen-bond acceptors (Lipinski definition) is 6. The second-order valence-electron chi connectivity index (χ2n) is 7.09. The Labute approximate surface area is 154 Å². The van der Waals surface area contributed by atoms with Gasteiger partial charge < -0.3 is 24.4 Å². The highest BCUT2D eigenvalue weighted by molar-refractivity contribution is 5.77. The molecule has 1 aromatic carbocycles. The van der Waals surface area contributed by atoms with Crippen molar-refractivity contribution >= 4 is 17.7 Å². The van der Waals surface area contributed by atoms with Crippen molar-refractivity contribution in [2.45, 2.75) is 46.3 Å². The van der Waals surface area contributed by atoms with E-state index in [0.29, 0.717) is 31.9 Å². The predicted octanol–water partition coefficient (Wildman–Crippen LogP) is 2.96. The van der Waals surface area contributed by atoms with Crippen molar-refractivity contribution < 1.29 is 23.8 Å². The maximum Gasteiger partial charge on any atom is 0.410 e. The molecular weight excluding hydrogens is 336 g/mol. The Balaban J connectivity index is 2.17. The molecule has 144 valence electrons. The summed E-state index contributed by atoms with van der Waals surface area (Å²) in [7, 11) is 1.59. The molecule has 1 heterocycles. The Morgan fingerprint density at radius 3 is 2.62 bits per heavy atom. The molecule has 1 amide bonds. The number of ether oxygens (including phenoxy) is 3. The zero-order chi connectivity index (χ0) is 19.3. The molecule has 1 aromatic rings. The lowest BCUT2D eigenvalue weighted by Crippen LogP contribution is -2.40. The fraction of sp³-hybridized carbons (Fsp3) is 0.579. The molecule has 0 fully saturated rings. The molecule has 0 radical (unpaired) electrons. The van der Waals surface area contributed by atoms with Gasteiger partial charge in [0.2, 0.25) is 0 Å². The molecule has 0 aliphatic carbocycles. The van der Waals surface area contributed by atoms with Crippen molar-refractivity contribution in [2.75, 3.05) is 32.1 Å². The first-order valence-electron chi connectivity index (χ1n) is 8.81. The van der Waals surface area contributed by atoms with Gasteiger partial charge >= 0.3 is 12.1 Å². The van der Waals surface area contributed by atoms with Gasteiger partial charge in [0, 0.05) is 13.1 Å². The molecule has 1 aliphatic rings. The quantitative estimate of drug-likeness (QED) is 0.810. The van der Waals surface area contributed by atoms with E-state index in [1.165, 1.54) is 0 Å². The number of rotatable bonds is 5. The largest absolute Gasteiger partial charge is 0.495 e. The van der Waals surface area contributed by atoms with Gasteiger partial charge in [-0.3, -0.25) is 4.79 Å². The molecule has 0 saturated heterocycles. The van der Waals surface area contributed by atoms with Crippen LogP contribution < -0.4 is 10.1 Å². The molecular formula is C19H28N2O5. The highest BCUT2D eigenvalue weighted by Gasteiger charge is 2.27. The number of hydrogen-bond donors (Lipinski definition) is 1. The number of nitrogens with zero attached hydrogens (tertiary/aromatic N) is 1. The van der Waals surface area contributed by atoms with Crippen molar-refractivity contribution in [3.63, 3.8) is 0 Å². The van der Waals surface area contributed by atoms with Crippen LogP contribution in [0.25, 0.3) is 0 Å². The number of methoxy groups -OCH3 is 1. The molecule has 1 N–H and O–H groups in total. The lowest BCUT2D eigenvalue weighted by Gasteiger charge is -2.32. The van der Waals surface area contributed by atoms with Crippen LogP contribution in [0, 0.1) is 0 Å². The molecule has 2 rings (SSSR count). The maximum atomic E-state index is 12.3. The van der Waals surface area contributed by atoms with Crippen LogP contribution in [-0.4, -0.2) is 49.4 Å². The van der Waals surface area contributed by atoms with Crippen LogP contribution >= 0.6 is 0 Å². The number of carbonyl (C=O) groups excluding carboxylic acids is 2. The Bertz CT molecular complexity index is 667. The number of benzene rings is 1. The van der Waals surface area contributed by atoms with Gasteiger partial charge in [0.25, 0.3) is 0 Å². The Morgan fingerprint density at radius 1 is 1.27 bits per heavy atom. The minimum Gasteiger partial charge on any atom is -0.495 e. The fourth-order valence-corrected chi connectivity index (χ4v) is 2.85. The zero-order valence-electron chi connectivity index (χ0n) is 16.2. The van der Waals surface area contributed by atoms with Crippen molar-refractivity contribution in [1.29, 1.82) is 0 Å². The fourth-order valence-electron chi connectivity index (χ4n) is 2.85. The molecule has 0 spiro atoms. The van der Waals surface area contributed by atoms with E-state index in [0.717, 1.165) is 16.8 Å². The molecule has 26 heavy (non-hydrogen) atoms. The molecule has 0 saturated carbocycles. The summed E-state index contributed by atoms with van der Waals surface area (Å²) >= 11 is 0. The maximum absolute atomic E-state index is 12.3. The van der Waals surface area contributed by atoms with E-state index < -0.39 is 5.60 Å². The number of anilines is 1. The summed E-state index contributed by atoms with van der Waals surface area (Å²) in [5.74, 6) is 0.345. The standard InChI is InChI=1S/C19H28N2O5/c1-6-25-16(22)11-20-17-14-9-10-21(18(23)26-19(2,3)4)12-13(14)7-8-15(17)24-5/h7-8,20H,6,9-12H2,1-5H3. The first-order chi connectivity index (χ1) is 12.2. The van der Waals surface area contributed by atoms with Crippen molar-refractivity contribution in [1.82, 2.24) is 4.90 Å². The van der Waals surface area contributed by atoms with E-state index in [1.54, 1.807) is 18.9 Å². The molecule has 0 atom stereocenters. The minimum absolute atomic E-state index is 0.0659. The third-order valence-corrected chi connectivity index (χ3v) is 3.95. The Morgan fingerprint density at radius 2 is 2.00 bits per heavy atom. The summed E-state index contributed by atoms with van der Waals surface area (Å²) in [5, 5.41) is 3.12. The van der Waals surface area contributed by atoms with Crippen LogP contribution in [0.15, 0.2) is 12.1 Å². The van der Waals surface area contributed by atoms with E-state index in [9.17, 15) is 9.59 Å². The molecule has 0 bridgehead atoms. The minimum atomic E-state index is -0.524. The smallest absolute Gasteiger partial charge is 0.410 e. The van der Waals surface area contributed by atoms with Crippen molar-refractivity contribution in [3.8, 4) is 5.75 Å². The summed E-state index contributed by atoms with van der Waals surface area (Å²) in [6.45, 7) is 8.74. The van der Waals surface area contributed by atoms with Crippen LogP contribution in [-0.2, 0) is 27.2 Å². The van der Waals surface area contributed by atoms with Gasteiger partial charge in [-0.15, -0.1) is 0 Å². The van der Waals surface area contributed by atoms with E-state index in [4.69, 9.17) is 14.2 Å². The highest BCUT2D eigenvalue weighted by Crippen LogP contribution is 2.34. The average Bonchev–Trinajstić information content (AvgIpc) is 2.57. The average molecular weight is 364 g/mol. The summed E-state index contributed by atoms with van der Waals surface area (Å²) in [4.78, 5) is 25.7. The van der Waals surface area contributed by atoms with Crippen LogP contribution in [0.4, 0.5) is 10.5 Å². The normalized spacial score (nSPS) is 13.7. The lowest BCUT2D eigenvalue weighted by atomic mass is 9.97. The summed E-state index contributed by atoms with van der Waals surface area (Å²) in [6.07, 6.45) is 0.330. The molecule has 1 aliphatic heterocycles. The summed E-state index contributed by atoms with van der Waals surface area (Å²) in [6, 6.07) is 3.78. The van der Waals surface area contributed by atoms with E-state index >= 15 is 0 Å². The van der Waals surface area contributed by atoms with Gasteiger partial charge in [-0.1, -0.05) is 6.07 Å². The SMILES string of the molecule is CCOC(=O)CNc1c(OC)ccc2c1CCN(C(=O)OC(C)(C)C)C2. The van der Waals surface area contributed by atoms with E-state index in [-0.39, 0.29) is 18.6 Å². The van der Waals surface area contributed by atoms with Crippen LogP contribution in [0.1, 0.15) is 38.8 Å². The number of amides is 1. The van der Waals surface area contributed by atoms with Gasteiger partial charge in [-0.2, -0.15) is 0 Å². The monoisotopic (exact) mass is 364 g/mol. The first kappa shape index (κ1) is 19.9. The molecule has 0 unspecified atom stereocenters. The highest BCUT2D eigenvalue weighted by atomic mass is 16.6. The third kappa shape index (κ3) is 5.03. The second kappa shape index (κ2) is 8.29. The van der Waals surface area contributed by atoms with Crippen LogP contribution in [0.3, 0.4) is 0 Å². The van der Waals surface area contributed by atoms with E-state index in [1.807, 2.05) is 32.9 Å². The predicted molar refractivity (Wildman–Crippen MR) is 98.5 cm³/mol. The molecule has 0 aromatic heterocycles. The van der Waals surface area contributed by atoms with Gasteiger partial charge in [-0.05, 0) is 51.3 Å². The van der Waals surface area contributed by atoms with Crippen LogP contribution in [0.2, 0.25) is 0 Å². The number of nitrogens with one attached hydrogen (secondary N) is 1. The zero-order valence-corrected chi connectivity index (χ0v) is 16.2. The number of carbonyl (C=O) groups is 2. The number of esters is 1. The molecule has 7 heteroatoms. The van der Waals surface area contributed by atoms with Gasteiger partial charge in [0.1, 0.15) is 17.9 Å². The topological polar surface area (TPSA) is 77.1 Å². The number of fused-ring (bicyclic) bond motifs is 1. The summed E-state index contributed by atoms with van der Waals surface area (Å²) < 4.78 is 15.8. The van der Waals surface area contributed by atoms with Crippen molar-refractivity contribution in [3.05, 3.63) is 23.3 Å². The molecule has 7 nitrogen and oxygen atoms in total. The summed E-state index contributed by atoms with van der Waals surface area (Å²) in [5.41, 5.74) is 2.31. The van der Waals surface area contributed by atoms with Gasteiger partial charge in [0.05, 0.1) is 19.4 Å². The third-order valence-electron chi connectivity index (χ3n) is 3.95. The van der Waals surface area contributed by atoms with Crippen molar-refractivity contribution in [2.24, 2.45) is 0 Å². The van der Waals surface area contributed by atoms with Gasteiger partial charge in [-0.25, -0.2) is 4.79 Å². The Hall–Kier alpha value is -2.44. The lowest BCUT2D eigenvalue weighted by molar-refractivity contribution is -0.140.